The Morgan fingerprint density at radius 2 is 2.05 bits per heavy atom. The van der Waals surface area contributed by atoms with Crippen molar-refractivity contribution in [2.75, 3.05) is 25.5 Å². The number of hydrogen-bond acceptors (Lipinski definition) is 6. The first-order chi connectivity index (χ1) is 10.2. The summed E-state index contributed by atoms with van der Waals surface area (Å²) in [6.07, 6.45) is 0. The van der Waals surface area contributed by atoms with Crippen molar-refractivity contribution >= 4 is 28.3 Å². The molecule has 0 bridgehead atoms. The van der Waals surface area contributed by atoms with E-state index >= 15 is 0 Å². The molecule has 0 aliphatic carbocycles. The van der Waals surface area contributed by atoms with Gasteiger partial charge in [-0.15, -0.1) is 0 Å². The van der Waals surface area contributed by atoms with E-state index in [1.807, 2.05) is 27.7 Å². The van der Waals surface area contributed by atoms with Crippen LogP contribution in [-0.2, 0) is 14.9 Å². The summed E-state index contributed by atoms with van der Waals surface area (Å²) in [5.74, 6) is -0.191. The number of methoxy groups -OCH3 is 1. The van der Waals surface area contributed by atoms with E-state index in [4.69, 9.17) is 4.74 Å². The Morgan fingerprint density at radius 3 is 2.50 bits per heavy atom. The number of ether oxygens (including phenoxy) is 1. The van der Waals surface area contributed by atoms with Crippen LogP contribution < -0.4 is 10.6 Å². The van der Waals surface area contributed by atoms with Crippen LogP contribution >= 0.6 is 11.3 Å². The Hall–Kier alpha value is -1.47. The van der Waals surface area contributed by atoms with Gasteiger partial charge in [-0.1, -0.05) is 39.0 Å². The third-order valence-electron chi connectivity index (χ3n) is 3.87. The van der Waals surface area contributed by atoms with Gasteiger partial charge in [-0.05, 0) is 19.0 Å². The minimum Gasteiger partial charge on any atom is -0.465 e. The van der Waals surface area contributed by atoms with Gasteiger partial charge in [0.05, 0.1) is 12.8 Å². The number of amides is 1. The molecule has 1 aliphatic heterocycles. The maximum absolute atomic E-state index is 12.3. The van der Waals surface area contributed by atoms with Gasteiger partial charge in [-0.3, -0.25) is 4.79 Å². The zero-order valence-electron chi connectivity index (χ0n) is 13.6. The smallest absolute Gasteiger partial charge is 0.350 e. The van der Waals surface area contributed by atoms with Crippen LogP contribution in [0, 0.1) is 11.8 Å². The summed E-state index contributed by atoms with van der Waals surface area (Å²) in [7, 11) is 1.35. The van der Waals surface area contributed by atoms with Crippen LogP contribution in [0.1, 0.15) is 43.1 Å². The van der Waals surface area contributed by atoms with Crippen molar-refractivity contribution < 1.29 is 14.3 Å². The number of nitrogens with one attached hydrogen (secondary N) is 2. The lowest BCUT2D eigenvalue weighted by Gasteiger charge is -2.31. The quantitative estimate of drug-likeness (QED) is 0.828. The summed E-state index contributed by atoms with van der Waals surface area (Å²) in [6, 6.07) is 0. The molecule has 1 saturated heterocycles. The summed E-state index contributed by atoms with van der Waals surface area (Å²) >= 11 is 1.17. The molecule has 1 aliphatic rings. The topological polar surface area (TPSA) is 80.3 Å². The van der Waals surface area contributed by atoms with E-state index in [2.05, 4.69) is 15.6 Å². The van der Waals surface area contributed by atoms with E-state index in [0.29, 0.717) is 21.6 Å². The fraction of sp³-hybridized carbons (Fsp3) is 0.667. The molecule has 1 unspecified atom stereocenters. The second-order valence-corrected chi connectivity index (χ2v) is 7.63. The van der Waals surface area contributed by atoms with Gasteiger partial charge in [0.15, 0.2) is 5.13 Å². The highest BCUT2D eigenvalue weighted by atomic mass is 32.1. The molecule has 0 spiro atoms. The van der Waals surface area contributed by atoms with Gasteiger partial charge in [0.25, 0.3) is 0 Å². The van der Waals surface area contributed by atoms with E-state index in [0.717, 1.165) is 13.1 Å². The summed E-state index contributed by atoms with van der Waals surface area (Å²) in [5.41, 5.74) is 0.351. The van der Waals surface area contributed by atoms with Crippen molar-refractivity contribution in [2.45, 2.75) is 33.1 Å². The molecule has 22 heavy (non-hydrogen) atoms. The summed E-state index contributed by atoms with van der Waals surface area (Å²) in [4.78, 5) is 29.1. The molecule has 1 atom stereocenters. The number of esters is 1. The van der Waals surface area contributed by atoms with Crippen LogP contribution in [0.3, 0.4) is 0 Å². The van der Waals surface area contributed by atoms with Gasteiger partial charge in [-0.25, -0.2) is 9.78 Å². The number of hydrogen-bond donors (Lipinski definition) is 2. The van der Waals surface area contributed by atoms with Crippen LogP contribution in [-0.4, -0.2) is 37.1 Å². The molecule has 1 aromatic rings. The molecule has 0 aromatic carbocycles. The molecule has 0 radical (unpaired) electrons. The average Bonchev–Trinajstić information content (AvgIpc) is 2.79. The predicted molar refractivity (Wildman–Crippen MR) is 86.3 cm³/mol. The molecule has 2 N–H and O–H groups in total. The average molecular weight is 325 g/mol. The minimum absolute atomic E-state index is 0.0582. The van der Waals surface area contributed by atoms with Crippen LogP contribution in [0.4, 0.5) is 5.13 Å². The normalized spacial score (nSPS) is 16.8. The first-order valence-corrected chi connectivity index (χ1v) is 8.17. The molecule has 7 heteroatoms. The fourth-order valence-corrected chi connectivity index (χ4v) is 3.31. The fourth-order valence-electron chi connectivity index (χ4n) is 2.21. The summed E-state index contributed by atoms with van der Waals surface area (Å²) in [5, 5.41) is 6.45. The largest absolute Gasteiger partial charge is 0.465 e. The Bertz CT molecular complexity index is 573. The third kappa shape index (κ3) is 3.47. The Balaban J connectivity index is 2.19. The molecule has 2 rings (SSSR count). The number of carbonyl (C=O) groups excluding carboxylic acids is 2. The third-order valence-corrected chi connectivity index (χ3v) is 4.82. The van der Waals surface area contributed by atoms with Gasteiger partial charge in [-0.2, -0.15) is 0 Å². The number of aromatic nitrogens is 1. The van der Waals surface area contributed by atoms with Crippen LogP contribution in [0.25, 0.3) is 0 Å². The number of carbonyl (C=O) groups is 2. The van der Waals surface area contributed by atoms with Crippen molar-refractivity contribution in [1.29, 1.82) is 0 Å². The Labute approximate surface area is 134 Å². The van der Waals surface area contributed by atoms with E-state index in [9.17, 15) is 9.59 Å². The monoisotopic (exact) mass is 325 g/mol. The van der Waals surface area contributed by atoms with Crippen molar-refractivity contribution in [3.63, 3.8) is 0 Å². The Kier molecular flexibility index (Phi) is 4.87. The highest BCUT2D eigenvalue weighted by Crippen LogP contribution is 2.33. The zero-order valence-corrected chi connectivity index (χ0v) is 14.5. The van der Waals surface area contributed by atoms with Crippen molar-refractivity contribution in [3.8, 4) is 0 Å². The second kappa shape index (κ2) is 6.34. The van der Waals surface area contributed by atoms with Gasteiger partial charge in [0.2, 0.25) is 5.91 Å². The highest BCUT2D eigenvalue weighted by Gasteiger charge is 2.31. The van der Waals surface area contributed by atoms with E-state index in [1.54, 1.807) is 0 Å². The molecule has 122 valence electrons. The molecular weight excluding hydrogens is 302 g/mol. The molecule has 6 nitrogen and oxygen atoms in total. The standard InChI is InChI=1S/C15H23N3O3S/c1-8(9-6-16-7-9)12(19)18-14-17-11(15(2,3)4)10(22-14)13(20)21-5/h8-9,16H,6-7H2,1-5H3,(H,17,18,19). The van der Waals surface area contributed by atoms with Gasteiger partial charge in [0.1, 0.15) is 4.88 Å². The van der Waals surface area contributed by atoms with Crippen LogP contribution in [0.5, 0.6) is 0 Å². The van der Waals surface area contributed by atoms with Crippen LogP contribution in [0.15, 0.2) is 0 Å². The lowest BCUT2D eigenvalue weighted by molar-refractivity contribution is -0.121. The zero-order chi connectivity index (χ0) is 16.5. The van der Waals surface area contributed by atoms with Crippen LogP contribution in [0.2, 0.25) is 0 Å². The van der Waals surface area contributed by atoms with E-state index in [-0.39, 0.29) is 17.2 Å². The van der Waals surface area contributed by atoms with E-state index in [1.165, 1.54) is 18.4 Å². The first kappa shape index (κ1) is 16.9. The lowest BCUT2D eigenvalue weighted by atomic mass is 9.88. The van der Waals surface area contributed by atoms with Crippen molar-refractivity contribution in [1.82, 2.24) is 10.3 Å². The predicted octanol–water partition coefficient (Wildman–Crippen LogP) is 2.02. The summed E-state index contributed by atoms with van der Waals surface area (Å²) < 4.78 is 4.81. The Morgan fingerprint density at radius 1 is 1.41 bits per heavy atom. The number of nitrogens with zero attached hydrogens (tertiary/aromatic N) is 1. The molecular formula is C15H23N3O3S. The van der Waals surface area contributed by atoms with Gasteiger partial charge >= 0.3 is 5.97 Å². The summed E-state index contributed by atoms with van der Waals surface area (Å²) in [6.45, 7) is 9.58. The number of thiazole rings is 1. The number of anilines is 1. The van der Waals surface area contributed by atoms with E-state index < -0.39 is 5.97 Å². The van der Waals surface area contributed by atoms with Gasteiger partial charge in [0, 0.05) is 11.3 Å². The molecule has 2 heterocycles. The van der Waals surface area contributed by atoms with Gasteiger partial charge < -0.3 is 15.4 Å². The van der Waals surface area contributed by atoms with Crippen molar-refractivity contribution in [3.05, 3.63) is 10.6 Å². The molecule has 1 fully saturated rings. The molecule has 1 amide bonds. The minimum atomic E-state index is -0.417. The maximum Gasteiger partial charge on any atom is 0.350 e. The molecule has 1 aromatic heterocycles. The lowest BCUT2D eigenvalue weighted by Crippen LogP contribution is -2.48. The molecule has 0 saturated carbocycles. The maximum atomic E-state index is 12.3. The SMILES string of the molecule is COC(=O)c1sc(NC(=O)C(C)C2CNC2)nc1C(C)(C)C. The highest BCUT2D eigenvalue weighted by molar-refractivity contribution is 7.17. The van der Waals surface area contributed by atoms with Crippen molar-refractivity contribution in [2.24, 2.45) is 11.8 Å². The number of rotatable bonds is 4. The second-order valence-electron chi connectivity index (χ2n) is 6.63. The first-order valence-electron chi connectivity index (χ1n) is 7.35.